The van der Waals surface area contributed by atoms with Crippen molar-refractivity contribution in [1.82, 2.24) is 5.32 Å². The van der Waals surface area contributed by atoms with Gasteiger partial charge < -0.3 is 16.3 Å². The average molecular weight is 279 g/mol. The van der Waals surface area contributed by atoms with Crippen molar-refractivity contribution in [2.24, 2.45) is 10.9 Å². The fourth-order valence-corrected chi connectivity index (χ4v) is 2.33. The fourth-order valence-electron chi connectivity index (χ4n) is 1.71. The Bertz CT molecular complexity index is 395. The lowest BCUT2D eigenvalue weighted by atomic mass is 9.98. The van der Waals surface area contributed by atoms with Crippen molar-refractivity contribution < 1.29 is 5.21 Å². The number of nitrogens with zero attached hydrogens (tertiary/aromatic N) is 1. The molecule has 0 heterocycles. The topological polar surface area (TPSA) is 70.6 Å². The first-order valence-corrected chi connectivity index (χ1v) is 7.36. The van der Waals surface area contributed by atoms with Gasteiger partial charge in [-0.05, 0) is 5.56 Å². The Labute approximate surface area is 118 Å². The van der Waals surface area contributed by atoms with Crippen LogP contribution in [0.1, 0.15) is 11.5 Å². The van der Waals surface area contributed by atoms with Gasteiger partial charge in [-0.25, -0.2) is 0 Å². The number of nitrogens with two attached hydrogens (primary N) is 1. The largest absolute Gasteiger partial charge is 0.409 e. The first kappa shape index (κ1) is 15.6. The second-order valence-corrected chi connectivity index (χ2v) is 5.21. The van der Waals surface area contributed by atoms with E-state index in [9.17, 15) is 0 Å². The minimum atomic E-state index is -0.101. The van der Waals surface area contributed by atoms with E-state index in [0.717, 1.165) is 23.6 Å². The van der Waals surface area contributed by atoms with Crippen LogP contribution in [0.25, 0.3) is 0 Å². The minimum Gasteiger partial charge on any atom is -0.409 e. The molecule has 1 rings (SSSR count). The van der Waals surface area contributed by atoms with Crippen molar-refractivity contribution in [3.63, 3.8) is 0 Å². The number of amidine groups is 1. The monoisotopic (exact) mass is 279 g/mol. The Morgan fingerprint density at radius 1 is 1.47 bits per heavy atom. The fraction of sp³-hybridized carbons (Fsp3) is 0.357. The van der Waals surface area contributed by atoms with Crippen LogP contribution in [-0.4, -0.2) is 35.6 Å². The summed E-state index contributed by atoms with van der Waals surface area (Å²) < 4.78 is 0. The maximum Gasteiger partial charge on any atom is 0.147 e. The smallest absolute Gasteiger partial charge is 0.147 e. The van der Waals surface area contributed by atoms with E-state index >= 15 is 0 Å². The van der Waals surface area contributed by atoms with Gasteiger partial charge in [-0.3, -0.25) is 0 Å². The van der Waals surface area contributed by atoms with Gasteiger partial charge >= 0.3 is 0 Å². The molecule has 4 nitrogen and oxygen atoms in total. The summed E-state index contributed by atoms with van der Waals surface area (Å²) in [5.41, 5.74) is 6.80. The van der Waals surface area contributed by atoms with E-state index in [1.165, 1.54) is 0 Å². The molecule has 104 valence electrons. The summed E-state index contributed by atoms with van der Waals surface area (Å²) in [7, 11) is 0. The van der Waals surface area contributed by atoms with E-state index < -0.39 is 0 Å². The Hall–Kier alpha value is -1.46. The third-order valence-electron chi connectivity index (χ3n) is 2.68. The lowest BCUT2D eigenvalue weighted by Gasteiger charge is -2.16. The second kappa shape index (κ2) is 9.47. The number of hydrogen-bond acceptors (Lipinski definition) is 4. The van der Waals surface area contributed by atoms with Crippen molar-refractivity contribution in [2.45, 2.75) is 5.92 Å². The number of rotatable bonds is 9. The molecule has 1 atom stereocenters. The SMILES string of the molecule is C=CCSCCNCC(/C(N)=N\O)c1ccccc1. The number of hydrogen-bond donors (Lipinski definition) is 3. The summed E-state index contributed by atoms with van der Waals surface area (Å²) >= 11 is 1.82. The third-order valence-corrected chi connectivity index (χ3v) is 3.65. The molecule has 5 heteroatoms. The number of nitrogens with one attached hydrogen (secondary N) is 1. The highest BCUT2D eigenvalue weighted by molar-refractivity contribution is 7.99. The van der Waals surface area contributed by atoms with Crippen LogP contribution in [0, 0.1) is 0 Å². The second-order valence-electron chi connectivity index (χ2n) is 4.06. The lowest BCUT2D eigenvalue weighted by Crippen LogP contribution is -2.32. The van der Waals surface area contributed by atoms with Gasteiger partial charge in [0.1, 0.15) is 5.84 Å². The van der Waals surface area contributed by atoms with Gasteiger partial charge in [0.25, 0.3) is 0 Å². The van der Waals surface area contributed by atoms with Crippen molar-refractivity contribution in [3.8, 4) is 0 Å². The molecule has 0 aliphatic rings. The predicted octanol–water partition coefficient (Wildman–Crippen LogP) is 2.03. The molecule has 0 radical (unpaired) electrons. The van der Waals surface area contributed by atoms with Gasteiger partial charge in [0.05, 0.1) is 5.92 Å². The molecule has 0 bridgehead atoms. The molecule has 0 amide bonds. The molecule has 0 saturated carbocycles. The number of benzene rings is 1. The zero-order chi connectivity index (χ0) is 13.9. The Morgan fingerprint density at radius 2 is 2.21 bits per heavy atom. The molecular formula is C14H21N3OS. The van der Waals surface area contributed by atoms with Crippen LogP contribution in [0.4, 0.5) is 0 Å². The molecule has 0 aliphatic carbocycles. The Balaban J connectivity index is 2.46. The highest BCUT2D eigenvalue weighted by Crippen LogP contribution is 2.14. The maximum absolute atomic E-state index is 8.86. The van der Waals surface area contributed by atoms with E-state index in [4.69, 9.17) is 10.9 Å². The number of oxime groups is 1. The van der Waals surface area contributed by atoms with E-state index in [1.54, 1.807) is 0 Å². The molecule has 0 spiro atoms. The van der Waals surface area contributed by atoms with E-state index in [0.29, 0.717) is 6.54 Å². The standard InChI is InChI=1S/C14H21N3OS/c1-2-9-19-10-8-16-11-13(14(15)17-18)12-6-4-3-5-7-12/h2-7,13,16,18H,1,8-11H2,(H2,15,17). The molecular weight excluding hydrogens is 258 g/mol. The van der Waals surface area contributed by atoms with Gasteiger partial charge in [0, 0.05) is 24.6 Å². The third kappa shape index (κ3) is 5.81. The molecule has 4 N–H and O–H groups in total. The molecule has 19 heavy (non-hydrogen) atoms. The summed E-state index contributed by atoms with van der Waals surface area (Å²) in [5, 5.41) is 15.3. The molecule has 1 aromatic carbocycles. The predicted molar refractivity (Wildman–Crippen MR) is 83.0 cm³/mol. The van der Waals surface area contributed by atoms with Gasteiger partial charge in [0.2, 0.25) is 0 Å². The first-order valence-electron chi connectivity index (χ1n) is 6.21. The van der Waals surface area contributed by atoms with E-state index in [-0.39, 0.29) is 11.8 Å². The molecule has 0 aliphatic heterocycles. The van der Waals surface area contributed by atoms with Crippen molar-refractivity contribution in [1.29, 1.82) is 0 Å². The highest BCUT2D eigenvalue weighted by atomic mass is 32.2. The van der Waals surface area contributed by atoms with Crippen LogP contribution in [0.15, 0.2) is 48.1 Å². The summed E-state index contributed by atoms with van der Waals surface area (Å²) in [6, 6.07) is 9.82. The molecule has 0 saturated heterocycles. The van der Waals surface area contributed by atoms with Crippen molar-refractivity contribution >= 4 is 17.6 Å². The van der Waals surface area contributed by atoms with Crippen molar-refractivity contribution in [2.75, 3.05) is 24.6 Å². The van der Waals surface area contributed by atoms with Crippen LogP contribution >= 0.6 is 11.8 Å². The first-order chi connectivity index (χ1) is 9.29. The van der Waals surface area contributed by atoms with Crippen LogP contribution < -0.4 is 11.1 Å². The zero-order valence-electron chi connectivity index (χ0n) is 11.0. The number of thioether (sulfide) groups is 1. The Kier molecular flexibility index (Phi) is 7.77. The lowest BCUT2D eigenvalue weighted by molar-refractivity contribution is 0.315. The summed E-state index contributed by atoms with van der Waals surface area (Å²) in [6.45, 7) is 5.23. The van der Waals surface area contributed by atoms with Crippen molar-refractivity contribution in [3.05, 3.63) is 48.6 Å². The zero-order valence-corrected chi connectivity index (χ0v) is 11.8. The summed E-state index contributed by atoms with van der Waals surface area (Å²) in [4.78, 5) is 0. The highest BCUT2D eigenvalue weighted by Gasteiger charge is 2.15. The molecule has 0 aromatic heterocycles. The van der Waals surface area contributed by atoms with Crippen LogP contribution in [-0.2, 0) is 0 Å². The molecule has 1 aromatic rings. The van der Waals surface area contributed by atoms with Crippen LogP contribution in [0.2, 0.25) is 0 Å². The van der Waals surface area contributed by atoms with Crippen LogP contribution in [0.3, 0.4) is 0 Å². The molecule has 0 fully saturated rings. The molecule has 1 unspecified atom stereocenters. The quantitative estimate of drug-likeness (QED) is 0.161. The summed E-state index contributed by atoms with van der Waals surface area (Å²) in [5.74, 6) is 2.11. The Morgan fingerprint density at radius 3 is 2.84 bits per heavy atom. The summed E-state index contributed by atoms with van der Waals surface area (Å²) in [6.07, 6.45) is 1.90. The van der Waals surface area contributed by atoms with Crippen LogP contribution in [0.5, 0.6) is 0 Å². The normalized spacial score (nSPS) is 13.2. The van der Waals surface area contributed by atoms with Gasteiger partial charge in [-0.1, -0.05) is 41.6 Å². The van der Waals surface area contributed by atoms with E-state index in [1.807, 2.05) is 48.2 Å². The van der Waals surface area contributed by atoms with E-state index in [2.05, 4.69) is 17.1 Å². The minimum absolute atomic E-state index is 0.101. The average Bonchev–Trinajstić information content (AvgIpc) is 2.47. The van der Waals surface area contributed by atoms with Gasteiger partial charge in [-0.15, -0.1) is 6.58 Å². The van der Waals surface area contributed by atoms with Gasteiger partial charge in [0.15, 0.2) is 0 Å². The van der Waals surface area contributed by atoms with Gasteiger partial charge in [-0.2, -0.15) is 11.8 Å². The maximum atomic E-state index is 8.86.